The van der Waals surface area contributed by atoms with Crippen LogP contribution in [0.15, 0.2) is 0 Å². The van der Waals surface area contributed by atoms with E-state index in [1.54, 1.807) is 0 Å². The molecule has 0 radical (unpaired) electrons. The van der Waals surface area contributed by atoms with Gasteiger partial charge in [0.1, 0.15) is 12.2 Å². The van der Waals surface area contributed by atoms with Crippen molar-refractivity contribution < 1.29 is 19.1 Å². The highest BCUT2D eigenvalue weighted by Gasteiger charge is 2.39. The smallest absolute Gasteiger partial charge is 0.309 e. The fraction of sp³-hybridized carbons (Fsp3) is 0.929. The van der Waals surface area contributed by atoms with Crippen LogP contribution in [0.1, 0.15) is 106 Å². The Bertz CT molecular complexity index is 565. The third kappa shape index (κ3) is 6.50. The van der Waals surface area contributed by atoms with E-state index in [1.165, 1.54) is 12.8 Å². The molecule has 0 N–H and O–H groups in total. The van der Waals surface area contributed by atoms with Crippen LogP contribution in [0.5, 0.6) is 0 Å². The maximum atomic E-state index is 13.0. The molecule has 0 aromatic carbocycles. The summed E-state index contributed by atoms with van der Waals surface area (Å²) in [6.07, 6.45) is 9.92. The molecule has 32 heavy (non-hydrogen) atoms. The number of ether oxygens (including phenoxy) is 2. The van der Waals surface area contributed by atoms with Gasteiger partial charge in [-0.2, -0.15) is 0 Å². The fourth-order valence-corrected chi connectivity index (χ4v) is 6.56. The molecular formula is C28H48O4. The molecule has 3 saturated carbocycles. The average Bonchev–Trinajstić information content (AvgIpc) is 2.73. The zero-order valence-electron chi connectivity index (χ0n) is 21.5. The standard InChI is InChI=1S/C28H48O4/c1-17(2)23-13-7-19(5)15-25(23)31-27(29)21-9-11-22(12-10-21)28(30)32-26-16-20(6)8-14-24(26)18(3)4/h17-26H,7-16H2,1-6H3/t19-,20+,21?,22?,23-,24+,25-,26-/m1/s1. The third-order valence-corrected chi connectivity index (χ3v) is 8.85. The van der Waals surface area contributed by atoms with Gasteiger partial charge in [0, 0.05) is 0 Å². The molecule has 4 nitrogen and oxygen atoms in total. The van der Waals surface area contributed by atoms with E-state index in [9.17, 15) is 9.59 Å². The van der Waals surface area contributed by atoms with Crippen molar-refractivity contribution in [3.8, 4) is 0 Å². The molecule has 184 valence electrons. The highest BCUT2D eigenvalue weighted by atomic mass is 16.5. The van der Waals surface area contributed by atoms with Gasteiger partial charge >= 0.3 is 11.9 Å². The van der Waals surface area contributed by atoms with E-state index in [1.807, 2.05) is 0 Å². The maximum Gasteiger partial charge on any atom is 0.309 e. The lowest BCUT2D eigenvalue weighted by molar-refractivity contribution is -0.167. The van der Waals surface area contributed by atoms with Gasteiger partial charge in [-0.25, -0.2) is 0 Å². The Kier molecular flexibility index (Phi) is 9.09. The first kappa shape index (κ1) is 25.6. The normalized spacial score (nSPS) is 38.5. The monoisotopic (exact) mass is 448 g/mol. The summed E-state index contributed by atoms with van der Waals surface area (Å²) in [5, 5.41) is 0. The van der Waals surface area contributed by atoms with Crippen molar-refractivity contribution in [2.75, 3.05) is 0 Å². The largest absolute Gasteiger partial charge is 0.462 e. The molecule has 0 aliphatic heterocycles. The Morgan fingerprint density at radius 3 is 1.25 bits per heavy atom. The quantitative estimate of drug-likeness (QED) is 0.419. The van der Waals surface area contributed by atoms with Crippen molar-refractivity contribution >= 4 is 11.9 Å². The van der Waals surface area contributed by atoms with E-state index < -0.39 is 0 Å². The highest BCUT2D eigenvalue weighted by Crippen LogP contribution is 2.39. The van der Waals surface area contributed by atoms with Gasteiger partial charge in [0.2, 0.25) is 0 Å². The van der Waals surface area contributed by atoms with Crippen LogP contribution in [0.25, 0.3) is 0 Å². The summed E-state index contributed by atoms with van der Waals surface area (Å²) in [6.45, 7) is 13.5. The van der Waals surface area contributed by atoms with Crippen molar-refractivity contribution in [1.29, 1.82) is 0 Å². The van der Waals surface area contributed by atoms with E-state index in [0.29, 0.717) is 35.5 Å². The van der Waals surface area contributed by atoms with E-state index in [4.69, 9.17) is 9.47 Å². The Morgan fingerprint density at radius 2 is 0.938 bits per heavy atom. The number of esters is 2. The molecule has 3 aliphatic rings. The fourth-order valence-electron chi connectivity index (χ4n) is 6.56. The van der Waals surface area contributed by atoms with Crippen LogP contribution in [-0.2, 0) is 19.1 Å². The topological polar surface area (TPSA) is 52.6 Å². The predicted octanol–water partition coefficient (Wildman–Crippen LogP) is 6.80. The molecule has 3 fully saturated rings. The SMILES string of the molecule is CC(C)[C@H]1CC[C@@H](C)C[C@H]1OC(=O)C1CCC(C(=O)O[C@@H]2C[C@@H](C)CC[C@H]2C(C)C)CC1. The zero-order chi connectivity index (χ0) is 23.4. The van der Waals surface area contributed by atoms with Crippen LogP contribution in [-0.4, -0.2) is 24.1 Å². The predicted molar refractivity (Wildman–Crippen MR) is 128 cm³/mol. The lowest BCUT2D eigenvalue weighted by Crippen LogP contribution is -2.39. The van der Waals surface area contributed by atoms with E-state index in [-0.39, 0.29) is 36.0 Å². The first-order valence-corrected chi connectivity index (χ1v) is 13.6. The maximum absolute atomic E-state index is 13.0. The lowest BCUT2D eigenvalue weighted by Gasteiger charge is -2.38. The number of hydrogen-bond donors (Lipinski definition) is 0. The molecular weight excluding hydrogens is 400 g/mol. The summed E-state index contributed by atoms with van der Waals surface area (Å²) in [6, 6.07) is 0. The van der Waals surface area contributed by atoms with E-state index in [2.05, 4.69) is 41.5 Å². The van der Waals surface area contributed by atoms with Crippen LogP contribution in [0.2, 0.25) is 0 Å². The van der Waals surface area contributed by atoms with Gasteiger partial charge in [-0.3, -0.25) is 9.59 Å². The van der Waals surface area contributed by atoms with Gasteiger partial charge in [-0.15, -0.1) is 0 Å². The minimum atomic E-state index is -0.0535. The van der Waals surface area contributed by atoms with Gasteiger partial charge in [0.25, 0.3) is 0 Å². The van der Waals surface area contributed by atoms with Crippen molar-refractivity contribution in [2.24, 2.45) is 47.3 Å². The minimum Gasteiger partial charge on any atom is -0.462 e. The Hall–Kier alpha value is -1.06. The lowest BCUT2D eigenvalue weighted by atomic mass is 9.75. The van der Waals surface area contributed by atoms with Crippen molar-refractivity contribution in [1.82, 2.24) is 0 Å². The van der Waals surface area contributed by atoms with E-state index >= 15 is 0 Å². The van der Waals surface area contributed by atoms with Crippen molar-refractivity contribution in [2.45, 2.75) is 118 Å². The zero-order valence-corrected chi connectivity index (χ0v) is 21.5. The minimum absolute atomic E-state index is 0.0254. The van der Waals surface area contributed by atoms with Gasteiger partial charge in [0.15, 0.2) is 0 Å². The molecule has 0 aromatic rings. The van der Waals surface area contributed by atoms with Gasteiger partial charge in [-0.05, 0) is 86.9 Å². The molecule has 0 saturated heterocycles. The molecule has 0 aromatic heterocycles. The van der Waals surface area contributed by atoms with Crippen LogP contribution >= 0.6 is 0 Å². The molecule has 0 heterocycles. The third-order valence-electron chi connectivity index (χ3n) is 8.85. The molecule has 0 bridgehead atoms. The van der Waals surface area contributed by atoms with Crippen molar-refractivity contribution in [3.63, 3.8) is 0 Å². The summed E-state index contributed by atoms with van der Waals surface area (Å²) in [7, 11) is 0. The summed E-state index contributed by atoms with van der Waals surface area (Å²) in [5.41, 5.74) is 0. The van der Waals surface area contributed by atoms with E-state index in [0.717, 1.165) is 51.4 Å². The Balaban J connectivity index is 1.48. The molecule has 3 rings (SSSR count). The second kappa shape index (κ2) is 11.4. The summed E-state index contributed by atoms with van der Waals surface area (Å²) >= 11 is 0. The van der Waals surface area contributed by atoms with Crippen LogP contribution in [0.3, 0.4) is 0 Å². The molecule has 0 unspecified atom stereocenters. The molecule has 0 amide bonds. The average molecular weight is 449 g/mol. The molecule has 0 spiro atoms. The summed E-state index contributed by atoms with van der Waals surface area (Å²) in [4.78, 5) is 25.9. The Labute approximate surface area is 196 Å². The Morgan fingerprint density at radius 1 is 0.594 bits per heavy atom. The molecule has 4 heteroatoms. The first-order valence-electron chi connectivity index (χ1n) is 13.6. The molecule has 3 aliphatic carbocycles. The van der Waals surface area contributed by atoms with Gasteiger partial charge < -0.3 is 9.47 Å². The van der Waals surface area contributed by atoms with Crippen LogP contribution < -0.4 is 0 Å². The van der Waals surface area contributed by atoms with Gasteiger partial charge in [0.05, 0.1) is 11.8 Å². The van der Waals surface area contributed by atoms with Crippen LogP contribution in [0, 0.1) is 47.3 Å². The second-order valence-electron chi connectivity index (χ2n) is 12.2. The summed E-state index contributed by atoms with van der Waals surface area (Å²) in [5.74, 6) is 3.15. The van der Waals surface area contributed by atoms with Gasteiger partial charge in [-0.1, -0.05) is 54.4 Å². The number of carbonyl (C=O) groups excluding carboxylic acids is 2. The van der Waals surface area contributed by atoms with Crippen LogP contribution in [0.4, 0.5) is 0 Å². The highest BCUT2D eigenvalue weighted by molar-refractivity contribution is 5.75. The second-order valence-corrected chi connectivity index (χ2v) is 12.2. The first-order chi connectivity index (χ1) is 15.2. The van der Waals surface area contributed by atoms with Crippen molar-refractivity contribution in [3.05, 3.63) is 0 Å². The number of carbonyl (C=O) groups is 2. The number of hydrogen-bond acceptors (Lipinski definition) is 4. The molecule has 6 atom stereocenters. The summed E-state index contributed by atoms with van der Waals surface area (Å²) < 4.78 is 12.2. The number of rotatable bonds is 6.